The lowest BCUT2D eigenvalue weighted by Gasteiger charge is -2.30. The highest BCUT2D eigenvalue weighted by Gasteiger charge is 2.24. The quantitative estimate of drug-likeness (QED) is 0.590. The van der Waals surface area contributed by atoms with E-state index in [2.05, 4.69) is 29.6 Å². The Labute approximate surface area is 198 Å². The van der Waals surface area contributed by atoms with Gasteiger partial charge in [0.05, 0.1) is 19.9 Å². The average Bonchev–Trinajstić information content (AvgIpc) is 2.84. The molecule has 0 spiro atoms. The van der Waals surface area contributed by atoms with Gasteiger partial charge in [-0.3, -0.25) is 0 Å². The molecule has 2 aromatic rings. The monoisotopic (exact) mass is 453 g/mol. The van der Waals surface area contributed by atoms with E-state index in [0.29, 0.717) is 12.0 Å². The van der Waals surface area contributed by atoms with Crippen molar-refractivity contribution >= 4 is 11.8 Å². The zero-order valence-electron chi connectivity index (χ0n) is 20.6. The number of fused-ring (bicyclic) bond motifs is 1. The van der Waals surface area contributed by atoms with Crippen molar-refractivity contribution in [1.82, 2.24) is 15.3 Å². The number of hydrogen-bond donors (Lipinski definition) is 2. The van der Waals surface area contributed by atoms with Gasteiger partial charge in [0, 0.05) is 37.8 Å². The first-order valence-electron chi connectivity index (χ1n) is 12.3. The molecule has 1 saturated carbocycles. The molecular formula is C26H39N5O2. The fraction of sp³-hybridized carbons (Fsp3) is 0.615. The van der Waals surface area contributed by atoms with Crippen LogP contribution in [-0.2, 0) is 19.4 Å². The second-order valence-electron chi connectivity index (χ2n) is 9.53. The van der Waals surface area contributed by atoms with E-state index in [9.17, 15) is 0 Å². The summed E-state index contributed by atoms with van der Waals surface area (Å²) in [6, 6.07) is 6.39. The number of rotatable bonds is 9. The van der Waals surface area contributed by atoms with Gasteiger partial charge in [0.25, 0.3) is 0 Å². The van der Waals surface area contributed by atoms with Gasteiger partial charge >= 0.3 is 0 Å². The van der Waals surface area contributed by atoms with E-state index in [1.807, 2.05) is 18.2 Å². The average molecular weight is 454 g/mol. The molecule has 33 heavy (non-hydrogen) atoms. The minimum absolute atomic E-state index is 0.451. The van der Waals surface area contributed by atoms with Crippen molar-refractivity contribution in [3.63, 3.8) is 0 Å². The maximum absolute atomic E-state index is 5.52. The third-order valence-electron chi connectivity index (χ3n) is 7.03. The van der Waals surface area contributed by atoms with Crippen LogP contribution < -0.4 is 25.0 Å². The normalized spacial score (nSPS) is 20.1. The number of hydrogen-bond acceptors (Lipinski definition) is 7. The maximum Gasteiger partial charge on any atom is 0.225 e. The third kappa shape index (κ3) is 5.69. The van der Waals surface area contributed by atoms with Crippen LogP contribution in [0.5, 0.6) is 11.5 Å². The lowest BCUT2D eigenvalue weighted by atomic mass is 9.86. The van der Waals surface area contributed by atoms with Gasteiger partial charge in [0.2, 0.25) is 5.95 Å². The summed E-state index contributed by atoms with van der Waals surface area (Å²) in [7, 11) is 7.58. The molecule has 0 bridgehead atoms. The van der Waals surface area contributed by atoms with Crippen molar-refractivity contribution in [2.24, 2.45) is 5.92 Å². The number of aryl methyl sites for hydroxylation is 1. The fourth-order valence-electron chi connectivity index (χ4n) is 5.21. The number of benzene rings is 1. The highest BCUT2D eigenvalue weighted by atomic mass is 16.5. The van der Waals surface area contributed by atoms with Crippen LogP contribution in [0.15, 0.2) is 18.2 Å². The first-order valence-corrected chi connectivity index (χ1v) is 12.3. The van der Waals surface area contributed by atoms with Crippen LogP contribution in [0.25, 0.3) is 0 Å². The summed E-state index contributed by atoms with van der Waals surface area (Å²) < 4.78 is 11.0. The van der Waals surface area contributed by atoms with E-state index in [1.54, 1.807) is 14.2 Å². The number of nitrogens with zero attached hydrogens (tertiary/aromatic N) is 3. The van der Waals surface area contributed by atoms with Crippen LogP contribution in [0.1, 0.15) is 55.3 Å². The standard InChI is InChI=1S/C26H39N5O2/c1-31(2)25-20-8-5-6-9-22(20)29-26(30-25)28-19-14-12-18(13-15-19)16-27-17-21-23(32-3)10-7-11-24(21)33-4/h7,10-11,18-19,27H,5-6,8-9,12-17H2,1-4H3,(H,28,29,30)/t18-,19+. The second kappa shape index (κ2) is 11.1. The molecule has 7 heteroatoms. The summed E-state index contributed by atoms with van der Waals surface area (Å²) >= 11 is 0. The number of ether oxygens (including phenoxy) is 2. The van der Waals surface area contributed by atoms with Gasteiger partial charge in [-0.15, -0.1) is 0 Å². The Morgan fingerprint density at radius 2 is 1.67 bits per heavy atom. The minimum Gasteiger partial charge on any atom is -0.496 e. The molecule has 4 rings (SSSR count). The molecule has 1 aromatic carbocycles. The molecule has 7 nitrogen and oxygen atoms in total. The Morgan fingerprint density at radius 3 is 2.33 bits per heavy atom. The fourth-order valence-corrected chi connectivity index (χ4v) is 5.21. The van der Waals surface area contributed by atoms with Crippen molar-refractivity contribution in [2.45, 2.75) is 64.0 Å². The number of anilines is 2. The molecule has 180 valence electrons. The first-order chi connectivity index (χ1) is 16.1. The van der Waals surface area contributed by atoms with Gasteiger partial charge in [-0.2, -0.15) is 4.98 Å². The Morgan fingerprint density at radius 1 is 0.970 bits per heavy atom. The number of aromatic nitrogens is 2. The van der Waals surface area contributed by atoms with Crippen LogP contribution in [0, 0.1) is 5.92 Å². The molecular weight excluding hydrogens is 414 g/mol. The van der Waals surface area contributed by atoms with Gasteiger partial charge in [-0.05, 0) is 76.0 Å². The minimum atomic E-state index is 0.451. The van der Waals surface area contributed by atoms with Crippen LogP contribution in [0.2, 0.25) is 0 Å². The van der Waals surface area contributed by atoms with Crippen LogP contribution in [0.4, 0.5) is 11.8 Å². The molecule has 1 aromatic heterocycles. The number of methoxy groups -OCH3 is 2. The van der Waals surface area contributed by atoms with Crippen molar-refractivity contribution in [3.8, 4) is 11.5 Å². The van der Waals surface area contributed by atoms with E-state index in [0.717, 1.165) is 67.6 Å². The summed E-state index contributed by atoms with van der Waals surface area (Å²) in [5.74, 6) is 4.33. The molecule has 0 radical (unpaired) electrons. The molecule has 1 fully saturated rings. The molecule has 1 heterocycles. The molecule has 0 amide bonds. The lowest BCUT2D eigenvalue weighted by Crippen LogP contribution is -2.32. The Bertz CT molecular complexity index is 903. The summed E-state index contributed by atoms with van der Waals surface area (Å²) in [6.45, 7) is 1.76. The van der Waals surface area contributed by atoms with Crippen molar-refractivity contribution in [2.75, 3.05) is 45.1 Å². The van der Waals surface area contributed by atoms with Gasteiger partial charge in [0.15, 0.2) is 0 Å². The van der Waals surface area contributed by atoms with E-state index in [-0.39, 0.29) is 0 Å². The van der Waals surface area contributed by atoms with Crippen LogP contribution >= 0.6 is 0 Å². The Kier molecular flexibility index (Phi) is 7.91. The third-order valence-corrected chi connectivity index (χ3v) is 7.03. The van der Waals surface area contributed by atoms with E-state index in [1.165, 1.54) is 36.9 Å². The molecule has 0 saturated heterocycles. The highest BCUT2D eigenvalue weighted by Crippen LogP contribution is 2.31. The number of nitrogens with one attached hydrogen (secondary N) is 2. The van der Waals surface area contributed by atoms with E-state index >= 15 is 0 Å². The predicted molar refractivity (Wildman–Crippen MR) is 134 cm³/mol. The first kappa shape index (κ1) is 23.6. The molecule has 0 atom stereocenters. The highest BCUT2D eigenvalue weighted by molar-refractivity contribution is 5.53. The smallest absolute Gasteiger partial charge is 0.225 e. The maximum atomic E-state index is 5.52. The molecule has 0 aliphatic heterocycles. The van der Waals surface area contributed by atoms with Gasteiger partial charge < -0.3 is 25.0 Å². The summed E-state index contributed by atoms with van der Waals surface area (Å²) in [5.41, 5.74) is 3.67. The van der Waals surface area contributed by atoms with E-state index < -0.39 is 0 Å². The molecule has 2 aliphatic carbocycles. The molecule has 2 N–H and O–H groups in total. The zero-order chi connectivity index (χ0) is 23.2. The summed E-state index contributed by atoms with van der Waals surface area (Å²) in [4.78, 5) is 11.9. The van der Waals surface area contributed by atoms with Gasteiger partial charge in [-0.25, -0.2) is 4.98 Å². The van der Waals surface area contributed by atoms with Crippen molar-refractivity contribution in [1.29, 1.82) is 0 Å². The second-order valence-corrected chi connectivity index (χ2v) is 9.53. The Hall–Kier alpha value is -2.54. The predicted octanol–water partition coefficient (Wildman–Crippen LogP) is 4.20. The molecule has 2 aliphatic rings. The largest absolute Gasteiger partial charge is 0.496 e. The summed E-state index contributed by atoms with van der Waals surface area (Å²) in [5, 5.41) is 7.29. The lowest BCUT2D eigenvalue weighted by molar-refractivity contribution is 0.321. The SMILES string of the molecule is COc1cccc(OC)c1CNC[C@H]1CC[C@@H](Nc2nc3c(c(N(C)C)n2)CCCC3)CC1. The van der Waals surface area contributed by atoms with Crippen LogP contribution in [-0.4, -0.2) is 50.9 Å². The van der Waals surface area contributed by atoms with Gasteiger partial charge in [0.1, 0.15) is 17.3 Å². The van der Waals surface area contributed by atoms with Gasteiger partial charge in [-0.1, -0.05) is 6.07 Å². The zero-order valence-corrected chi connectivity index (χ0v) is 20.6. The Balaban J connectivity index is 1.28. The molecule has 0 unspecified atom stereocenters. The van der Waals surface area contributed by atoms with Crippen molar-refractivity contribution in [3.05, 3.63) is 35.0 Å². The van der Waals surface area contributed by atoms with Crippen LogP contribution in [0.3, 0.4) is 0 Å². The topological polar surface area (TPSA) is 71.5 Å². The summed E-state index contributed by atoms with van der Waals surface area (Å²) in [6.07, 6.45) is 9.37. The van der Waals surface area contributed by atoms with E-state index in [4.69, 9.17) is 19.4 Å². The van der Waals surface area contributed by atoms with Crippen molar-refractivity contribution < 1.29 is 9.47 Å².